The molecule has 84 valence electrons. The van der Waals surface area contributed by atoms with Crippen molar-refractivity contribution in [2.45, 2.75) is 32.1 Å². The summed E-state index contributed by atoms with van der Waals surface area (Å²) in [4.78, 5) is 0. The lowest BCUT2D eigenvalue weighted by molar-refractivity contribution is 0.329. The van der Waals surface area contributed by atoms with Crippen LogP contribution >= 0.6 is 0 Å². The first kappa shape index (κ1) is 10.6. The average molecular weight is 230 g/mol. The fourth-order valence-corrected chi connectivity index (χ4v) is 2.89. The Hall–Kier alpha value is -0.880. The molecule has 5 nitrogen and oxygen atoms in total. The van der Waals surface area contributed by atoms with Gasteiger partial charge in [0.15, 0.2) is 0 Å². The second kappa shape index (κ2) is 3.61. The molecule has 0 aliphatic carbocycles. The molecule has 0 amide bonds. The average Bonchev–Trinajstić information content (AvgIpc) is 2.63. The van der Waals surface area contributed by atoms with Crippen LogP contribution in [0.2, 0.25) is 0 Å². The molecule has 0 radical (unpaired) electrons. The minimum atomic E-state index is -3.16. The van der Waals surface area contributed by atoms with E-state index in [9.17, 15) is 8.42 Å². The highest BCUT2D eigenvalue weighted by Crippen LogP contribution is 2.22. The lowest BCUT2D eigenvalue weighted by atomic mass is 10.1. The Labute approximate surface area is 89.1 Å². The molecule has 1 aliphatic heterocycles. The maximum absolute atomic E-state index is 11.9. The van der Waals surface area contributed by atoms with E-state index in [1.54, 1.807) is 20.0 Å². The predicted molar refractivity (Wildman–Crippen MR) is 54.7 cm³/mol. The molecule has 2 rings (SSSR count). The van der Waals surface area contributed by atoms with Crippen LogP contribution in [-0.2, 0) is 23.0 Å². The molecule has 0 fully saturated rings. The van der Waals surface area contributed by atoms with E-state index < -0.39 is 10.0 Å². The molecule has 0 saturated carbocycles. The molecule has 0 saturated heterocycles. The van der Waals surface area contributed by atoms with Gasteiger partial charge in [-0.05, 0) is 13.8 Å². The number of fused-ring (bicyclic) bond motifs is 1. The van der Waals surface area contributed by atoms with Crippen LogP contribution in [0.25, 0.3) is 0 Å². The summed E-state index contributed by atoms with van der Waals surface area (Å²) in [6.45, 7) is 4.26. The predicted octanol–water partition coefficient (Wildman–Crippen LogP) is 0.771. The first-order chi connectivity index (χ1) is 7.01. The van der Waals surface area contributed by atoms with Gasteiger partial charge in [-0.1, -0.05) is 5.16 Å². The maximum Gasteiger partial charge on any atom is 0.216 e. The lowest BCUT2D eigenvalue weighted by Gasteiger charge is -2.26. The monoisotopic (exact) mass is 230 g/mol. The molecular weight excluding hydrogens is 216 g/mol. The SMILES string of the molecule is CC(C)S(=O)(=O)N1CCc2oncc2C1. The van der Waals surface area contributed by atoms with Crippen LogP contribution in [0.3, 0.4) is 0 Å². The Morgan fingerprint density at radius 3 is 2.93 bits per heavy atom. The topological polar surface area (TPSA) is 63.4 Å². The molecule has 15 heavy (non-hydrogen) atoms. The smallest absolute Gasteiger partial charge is 0.216 e. The molecule has 0 N–H and O–H groups in total. The van der Waals surface area contributed by atoms with Crippen LogP contribution in [0, 0.1) is 0 Å². The van der Waals surface area contributed by atoms with Gasteiger partial charge in [-0.25, -0.2) is 8.42 Å². The third kappa shape index (κ3) is 1.79. The van der Waals surface area contributed by atoms with Crippen LogP contribution in [0.15, 0.2) is 10.7 Å². The van der Waals surface area contributed by atoms with Gasteiger partial charge in [0.1, 0.15) is 5.76 Å². The van der Waals surface area contributed by atoms with Crippen molar-refractivity contribution in [1.29, 1.82) is 0 Å². The number of sulfonamides is 1. The van der Waals surface area contributed by atoms with Crippen molar-refractivity contribution in [3.05, 3.63) is 17.5 Å². The first-order valence-corrected chi connectivity index (χ1v) is 6.43. The summed E-state index contributed by atoms with van der Waals surface area (Å²) in [5.41, 5.74) is 0.880. The summed E-state index contributed by atoms with van der Waals surface area (Å²) in [6, 6.07) is 0. The van der Waals surface area contributed by atoms with Crippen molar-refractivity contribution in [3.63, 3.8) is 0 Å². The summed E-state index contributed by atoms with van der Waals surface area (Å²) in [5, 5.41) is 3.29. The van der Waals surface area contributed by atoms with E-state index in [0.29, 0.717) is 19.5 Å². The van der Waals surface area contributed by atoms with E-state index in [1.807, 2.05) is 0 Å². The van der Waals surface area contributed by atoms with E-state index >= 15 is 0 Å². The lowest BCUT2D eigenvalue weighted by Crippen LogP contribution is -2.39. The van der Waals surface area contributed by atoms with Gasteiger partial charge in [-0.2, -0.15) is 4.31 Å². The van der Waals surface area contributed by atoms with E-state index in [2.05, 4.69) is 5.16 Å². The highest BCUT2D eigenvalue weighted by molar-refractivity contribution is 7.89. The first-order valence-electron chi connectivity index (χ1n) is 4.93. The van der Waals surface area contributed by atoms with Gasteiger partial charge in [0.05, 0.1) is 11.4 Å². The van der Waals surface area contributed by atoms with Gasteiger partial charge in [-0.15, -0.1) is 0 Å². The van der Waals surface area contributed by atoms with Crippen molar-refractivity contribution >= 4 is 10.0 Å². The Bertz CT molecular complexity index is 450. The quantitative estimate of drug-likeness (QED) is 0.753. The third-order valence-corrected chi connectivity index (χ3v) is 4.84. The zero-order chi connectivity index (χ0) is 11.1. The largest absolute Gasteiger partial charge is 0.361 e. The molecule has 0 spiro atoms. The second-order valence-corrected chi connectivity index (χ2v) is 6.44. The van der Waals surface area contributed by atoms with E-state index in [4.69, 9.17) is 4.52 Å². The van der Waals surface area contributed by atoms with Crippen LogP contribution in [0.4, 0.5) is 0 Å². The van der Waals surface area contributed by atoms with Crippen molar-refractivity contribution in [1.82, 2.24) is 9.46 Å². The molecule has 0 unspecified atom stereocenters. The van der Waals surface area contributed by atoms with Gasteiger partial charge in [-0.3, -0.25) is 0 Å². The Balaban J connectivity index is 2.24. The summed E-state index contributed by atoms with van der Waals surface area (Å²) in [5.74, 6) is 0.810. The van der Waals surface area contributed by atoms with Crippen LogP contribution < -0.4 is 0 Å². The van der Waals surface area contributed by atoms with Gasteiger partial charge in [0.25, 0.3) is 0 Å². The molecular formula is C9H14N2O3S. The summed E-state index contributed by atoms with van der Waals surface area (Å²) >= 11 is 0. The van der Waals surface area contributed by atoms with Gasteiger partial charge in [0.2, 0.25) is 10.0 Å². The molecule has 2 heterocycles. The van der Waals surface area contributed by atoms with Gasteiger partial charge < -0.3 is 4.52 Å². The highest BCUT2D eigenvalue weighted by atomic mass is 32.2. The van der Waals surface area contributed by atoms with Crippen LogP contribution in [-0.4, -0.2) is 29.7 Å². The molecule has 0 bridgehead atoms. The standard InChI is InChI=1S/C9H14N2O3S/c1-7(2)15(12,13)11-4-3-9-8(6-11)5-10-14-9/h5,7H,3-4,6H2,1-2H3. The van der Waals surface area contributed by atoms with E-state index in [0.717, 1.165) is 11.3 Å². The zero-order valence-electron chi connectivity index (χ0n) is 8.80. The third-order valence-electron chi connectivity index (χ3n) is 2.62. The van der Waals surface area contributed by atoms with Crippen molar-refractivity contribution in [2.75, 3.05) is 6.54 Å². The fourth-order valence-electron chi connectivity index (χ4n) is 1.63. The zero-order valence-corrected chi connectivity index (χ0v) is 9.62. The van der Waals surface area contributed by atoms with E-state index in [-0.39, 0.29) is 5.25 Å². The molecule has 1 aromatic heterocycles. The van der Waals surface area contributed by atoms with E-state index in [1.165, 1.54) is 4.31 Å². The molecule has 0 atom stereocenters. The number of aromatic nitrogens is 1. The second-order valence-electron chi connectivity index (χ2n) is 3.95. The van der Waals surface area contributed by atoms with Crippen molar-refractivity contribution in [2.24, 2.45) is 0 Å². The van der Waals surface area contributed by atoms with Crippen molar-refractivity contribution < 1.29 is 12.9 Å². The van der Waals surface area contributed by atoms with Gasteiger partial charge >= 0.3 is 0 Å². The normalized spacial score (nSPS) is 18.1. The Kier molecular flexibility index (Phi) is 2.56. The molecule has 6 heteroatoms. The summed E-state index contributed by atoms with van der Waals surface area (Å²) in [6.07, 6.45) is 2.21. The number of nitrogens with zero attached hydrogens (tertiary/aromatic N) is 2. The highest BCUT2D eigenvalue weighted by Gasteiger charge is 2.30. The summed E-state index contributed by atoms with van der Waals surface area (Å²) < 4.78 is 30.3. The molecule has 1 aromatic rings. The molecule has 0 aromatic carbocycles. The summed E-state index contributed by atoms with van der Waals surface area (Å²) in [7, 11) is -3.16. The van der Waals surface area contributed by atoms with Crippen molar-refractivity contribution in [3.8, 4) is 0 Å². The minimum absolute atomic E-state index is 0.376. The number of hydrogen-bond acceptors (Lipinski definition) is 4. The minimum Gasteiger partial charge on any atom is -0.361 e. The number of hydrogen-bond donors (Lipinski definition) is 0. The fraction of sp³-hybridized carbons (Fsp3) is 0.667. The Morgan fingerprint density at radius 2 is 2.27 bits per heavy atom. The molecule has 1 aliphatic rings. The van der Waals surface area contributed by atoms with Gasteiger partial charge in [0, 0.05) is 25.1 Å². The number of rotatable bonds is 2. The maximum atomic E-state index is 11.9. The van der Waals surface area contributed by atoms with Crippen LogP contribution in [0.5, 0.6) is 0 Å². The van der Waals surface area contributed by atoms with Crippen LogP contribution in [0.1, 0.15) is 25.2 Å². The Morgan fingerprint density at radius 1 is 1.53 bits per heavy atom.